The van der Waals surface area contributed by atoms with Crippen molar-refractivity contribution < 1.29 is 46.2 Å². The summed E-state index contributed by atoms with van der Waals surface area (Å²) in [5.41, 5.74) is 0.946. The molecular formula is C42H32N4O10S2. The van der Waals surface area contributed by atoms with Crippen LogP contribution in [0.15, 0.2) is 155 Å². The van der Waals surface area contributed by atoms with Crippen molar-refractivity contribution >= 4 is 78.7 Å². The van der Waals surface area contributed by atoms with Crippen LogP contribution in [-0.2, 0) is 20.0 Å². The van der Waals surface area contributed by atoms with Gasteiger partial charge in [0.2, 0.25) is 0 Å². The van der Waals surface area contributed by atoms with Gasteiger partial charge in [-0.05, 0) is 108 Å². The number of hydrogen-bond acceptors (Lipinski definition) is 8. The summed E-state index contributed by atoms with van der Waals surface area (Å²) in [4.78, 5) is 48.0. The van der Waals surface area contributed by atoms with E-state index in [9.17, 15) is 46.2 Å². The number of aromatic carboxylic acids is 2. The van der Waals surface area contributed by atoms with Gasteiger partial charge in [0.15, 0.2) is 0 Å². The first-order chi connectivity index (χ1) is 27.7. The highest BCUT2D eigenvalue weighted by Crippen LogP contribution is 2.29. The third-order valence-electron chi connectivity index (χ3n) is 8.40. The van der Waals surface area contributed by atoms with E-state index < -0.39 is 43.8 Å². The Hall–Kier alpha value is -7.56. The molecule has 16 heteroatoms. The molecule has 0 fully saturated rings. The molecule has 0 radical (unpaired) electrons. The molecule has 2 amide bonds. The molecule has 0 saturated carbocycles. The maximum atomic E-state index is 14.0. The predicted molar refractivity (Wildman–Crippen MR) is 219 cm³/mol. The Kier molecular flexibility index (Phi) is 11.8. The summed E-state index contributed by atoms with van der Waals surface area (Å²) in [6.45, 7) is 0. The number of nitrogens with one attached hydrogen (secondary N) is 4. The molecule has 0 atom stereocenters. The van der Waals surface area contributed by atoms with Crippen molar-refractivity contribution in [3.63, 3.8) is 0 Å². The van der Waals surface area contributed by atoms with Crippen LogP contribution in [0.2, 0.25) is 0 Å². The Morgan fingerprint density at radius 1 is 0.414 bits per heavy atom. The van der Waals surface area contributed by atoms with Gasteiger partial charge in [0.25, 0.3) is 31.9 Å². The first kappa shape index (κ1) is 40.1. The number of carbonyl (C=O) groups is 4. The van der Waals surface area contributed by atoms with Crippen molar-refractivity contribution in [1.29, 1.82) is 0 Å². The van der Waals surface area contributed by atoms with Crippen molar-refractivity contribution in [2.75, 3.05) is 20.1 Å². The molecule has 0 aromatic heterocycles. The summed E-state index contributed by atoms with van der Waals surface area (Å²) in [5.74, 6) is -3.43. The zero-order chi connectivity index (χ0) is 41.5. The molecule has 6 rings (SSSR count). The van der Waals surface area contributed by atoms with E-state index in [1.807, 2.05) is 0 Å². The van der Waals surface area contributed by atoms with Gasteiger partial charge in [0.05, 0.1) is 20.9 Å². The second-order valence-electron chi connectivity index (χ2n) is 12.5. The number of carboxylic acid groups (broad SMARTS) is 2. The highest BCUT2D eigenvalue weighted by molar-refractivity contribution is 7.93. The lowest BCUT2D eigenvalue weighted by Crippen LogP contribution is -2.17. The zero-order valence-electron chi connectivity index (χ0n) is 30.0. The molecule has 6 N–H and O–H groups in total. The van der Waals surface area contributed by atoms with Gasteiger partial charge in [-0.1, -0.05) is 60.7 Å². The molecule has 0 spiro atoms. The quantitative estimate of drug-likeness (QED) is 0.0599. The average Bonchev–Trinajstić information content (AvgIpc) is 3.21. The number of amides is 2. The number of carbonyl (C=O) groups excluding carboxylic acids is 2. The van der Waals surface area contributed by atoms with E-state index in [4.69, 9.17) is 0 Å². The van der Waals surface area contributed by atoms with Gasteiger partial charge in [-0.15, -0.1) is 0 Å². The lowest BCUT2D eigenvalue weighted by molar-refractivity contribution is 0.0686. The van der Waals surface area contributed by atoms with E-state index in [2.05, 4.69) is 20.1 Å². The number of carboxylic acids is 2. The molecule has 0 aliphatic carbocycles. The van der Waals surface area contributed by atoms with Crippen LogP contribution >= 0.6 is 0 Å². The summed E-state index contributed by atoms with van der Waals surface area (Å²) in [6.07, 6.45) is 2.70. The van der Waals surface area contributed by atoms with Crippen LogP contribution in [0.5, 0.6) is 0 Å². The molecule has 0 aliphatic heterocycles. The maximum Gasteiger partial charge on any atom is 0.335 e. The Morgan fingerprint density at radius 2 is 0.741 bits per heavy atom. The molecule has 0 aliphatic rings. The van der Waals surface area contributed by atoms with E-state index in [1.54, 1.807) is 60.7 Å². The maximum absolute atomic E-state index is 14.0. The standard InChI is InChI=1S/C42H32N4O10S2/c47-39(29-7-3-1-4-8-29)43-35-23-13-27(37(25-35)57(53,54)45-33-19-15-31(16-20-33)41(49)50)11-12-28-14-24-36(44-40(48)30-9-5-2-6-10-30)26-38(28)58(55,56)46-34-21-17-32(18-22-34)42(51)52/h1-26,45-46H,(H,43,47)(H,44,48)(H,49,50)(H,51,52)/b12-11+. The minimum atomic E-state index is -4.46. The Bertz CT molecular complexity index is 2590. The summed E-state index contributed by atoms with van der Waals surface area (Å²) in [7, 11) is -8.92. The smallest absolute Gasteiger partial charge is 0.335 e. The number of benzene rings is 6. The number of hydrogen-bond donors (Lipinski definition) is 6. The number of rotatable bonds is 14. The average molecular weight is 817 g/mol. The van der Waals surface area contributed by atoms with Crippen molar-refractivity contribution in [1.82, 2.24) is 0 Å². The second-order valence-corrected chi connectivity index (χ2v) is 15.8. The van der Waals surface area contributed by atoms with Crippen LogP contribution in [0.25, 0.3) is 12.2 Å². The molecule has 6 aromatic carbocycles. The molecule has 0 saturated heterocycles. The van der Waals surface area contributed by atoms with Gasteiger partial charge in [0, 0.05) is 33.9 Å². The summed E-state index contributed by atoms with van der Waals surface area (Å²) in [6, 6.07) is 34.6. The van der Waals surface area contributed by atoms with E-state index in [0.717, 1.165) is 0 Å². The molecule has 292 valence electrons. The minimum Gasteiger partial charge on any atom is -0.478 e. The molecule has 0 bridgehead atoms. The van der Waals surface area contributed by atoms with Crippen LogP contribution in [0, 0.1) is 0 Å². The van der Waals surface area contributed by atoms with Crippen LogP contribution < -0.4 is 20.1 Å². The van der Waals surface area contributed by atoms with E-state index in [0.29, 0.717) is 11.1 Å². The van der Waals surface area contributed by atoms with Crippen LogP contribution in [-0.4, -0.2) is 50.8 Å². The highest BCUT2D eigenvalue weighted by Gasteiger charge is 2.23. The molecular weight excluding hydrogens is 785 g/mol. The molecule has 14 nitrogen and oxygen atoms in total. The molecule has 58 heavy (non-hydrogen) atoms. The van der Waals surface area contributed by atoms with Crippen LogP contribution in [0.4, 0.5) is 22.7 Å². The van der Waals surface area contributed by atoms with Gasteiger partial charge in [0.1, 0.15) is 0 Å². The van der Waals surface area contributed by atoms with Gasteiger partial charge >= 0.3 is 11.9 Å². The molecule has 6 aromatic rings. The van der Waals surface area contributed by atoms with E-state index in [1.165, 1.54) is 97.1 Å². The Morgan fingerprint density at radius 3 is 1.07 bits per heavy atom. The SMILES string of the molecule is O=C(O)c1ccc(NS(=O)(=O)c2cc(NC(=O)c3ccccc3)ccc2/C=C/c2ccc(NC(=O)c3ccccc3)cc2S(=O)(=O)Nc2ccc(C(=O)O)cc2)cc1. The Labute approximate surface area is 332 Å². The van der Waals surface area contributed by atoms with Crippen LogP contribution in [0.3, 0.4) is 0 Å². The summed E-state index contributed by atoms with van der Waals surface area (Å²) in [5, 5.41) is 23.9. The highest BCUT2D eigenvalue weighted by atomic mass is 32.2. The Balaban J connectivity index is 1.40. The van der Waals surface area contributed by atoms with Crippen molar-refractivity contribution in [2.24, 2.45) is 0 Å². The minimum absolute atomic E-state index is 0.0441. The van der Waals surface area contributed by atoms with E-state index >= 15 is 0 Å². The number of sulfonamides is 2. The van der Waals surface area contributed by atoms with E-state index in [-0.39, 0.29) is 54.8 Å². The third-order valence-corrected chi connectivity index (χ3v) is 11.3. The normalized spacial score (nSPS) is 11.4. The fourth-order valence-electron chi connectivity index (χ4n) is 5.51. The second kappa shape index (κ2) is 17.1. The fraction of sp³-hybridized carbons (Fsp3) is 0. The number of anilines is 4. The summed E-state index contributed by atoms with van der Waals surface area (Å²) < 4.78 is 60.7. The van der Waals surface area contributed by atoms with Gasteiger partial charge < -0.3 is 20.8 Å². The van der Waals surface area contributed by atoms with Gasteiger partial charge in [-0.2, -0.15) is 0 Å². The third kappa shape index (κ3) is 9.81. The lowest BCUT2D eigenvalue weighted by Gasteiger charge is -2.15. The molecule has 0 unspecified atom stereocenters. The lowest BCUT2D eigenvalue weighted by atomic mass is 10.1. The van der Waals surface area contributed by atoms with Gasteiger partial charge in [-0.3, -0.25) is 19.0 Å². The predicted octanol–water partition coefficient (Wildman–Crippen LogP) is 7.36. The monoisotopic (exact) mass is 816 g/mol. The van der Waals surface area contributed by atoms with Gasteiger partial charge in [-0.25, -0.2) is 26.4 Å². The fourth-order valence-corrected chi connectivity index (χ4v) is 8.08. The van der Waals surface area contributed by atoms with Crippen molar-refractivity contribution in [2.45, 2.75) is 9.79 Å². The topological polar surface area (TPSA) is 225 Å². The van der Waals surface area contributed by atoms with Crippen molar-refractivity contribution in [3.8, 4) is 0 Å². The summed E-state index contributed by atoms with van der Waals surface area (Å²) >= 11 is 0. The first-order valence-corrected chi connectivity index (χ1v) is 20.1. The van der Waals surface area contributed by atoms with Crippen LogP contribution in [0.1, 0.15) is 52.6 Å². The first-order valence-electron chi connectivity index (χ1n) is 17.1. The largest absolute Gasteiger partial charge is 0.478 e. The van der Waals surface area contributed by atoms with Crippen molar-refractivity contribution in [3.05, 3.63) is 179 Å². The zero-order valence-corrected chi connectivity index (χ0v) is 31.6. The molecule has 0 heterocycles.